The summed E-state index contributed by atoms with van der Waals surface area (Å²) in [5.41, 5.74) is 7.09. The van der Waals surface area contributed by atoms with Crippen LogP contribution in [0.3, 0.4) is 0 Å². The zero-order valence-corrected chi connectivity index (χ0v) is 19.5. The number of carbonyl (C=O) groups is 1. The van der Waals surface area contributed by atoms with E-state index in [1.54, 1.807) is 31.4 Å². The Labute approximate surface area is 194 Å². The van der Waals surface area contributed by atoms with Crippen molar-refractivity contribution in [1.29, 1.82) is 0 Å². The number of nitrogens with zero attached hydrogens (tertiary/aromatic N) is 5. The van der Waals surface area contributed by atoms with Crippen LogP contribution in [0.5, 0.6) is 0 Å². The molecular formula is C22H32ClN7O2. The number of piperazine rings is 1. The lowest BCUT2D eigenvalue weighted by Gasteiger charge is -2.33. The van der Waals surface area contributed by atoms with Crippen LogP contribution in [0.4, 0.5) is 0 Å². The van der Waals surface area contributed by atoms with Crippen molar-refractivity contribution in [2.45, 2.75) is 26.8 Å². The number of hydrogen-bond donors (Lipinski definition) is 2. The van der Waals surface area contributed by atoms with E-state index in [1.807, 2.05) is 24.0 Å². The summed E-state index contributed by atoms with van der Waals surface area (Å²) in [6.45, 7) is 11.4. The number of hydrazone groups is 1. The van der Waals surface area contributed by atoms with E-state index in [-0.39, 0.29) is 5.91 Å². The van der Waals surface area contributed by atoms with E-state index in [2.05, 4.69) is 21.6 Å². The average Bonchev–Trinajstić information content (AvgIpc) is 3.11. The van der Waals surface area contributed by atoms with Crippen molar-refractivity contribution in [2.24, 2.45) is 16.7 Å². The molecule has 9 nitrogen and oxygen atoms in total. The molecule has 0 bridgehead atoms. The van der Waals surface area contributed by atoms with Gasteiger partial charge in [-0.2, -0.15) is 0 Å². The molecule has 1 aromatic heterocycles. The van der Waals surface area contributed by atoms with Crippen LogP contribution in [-0.4, -0.2) is 64.4 Å². The second kappa shape index (κ2) is 12.8. The Kier molecular flexibility index (Phi) is 10.2. The number of halogens is 1. The molecule has 1 fully saturated rings. The van der Waals surface area contributed by atoms with Gasteiger partial charge in [-0.05, 0) is 37.1 Å². The number of hydrazine groups is 1. The van der Waals surface area contributed by atoms with Crippen LogP contribution >= 0.6 is 11.6 Å². The van der Waals surface area contributed by atoms with Gasteiger partial charge in [-0.1, -0.05) is 30.3 Å². The van der Waals surface area contributed by atoms with Crippen molar-refractivity contribution in [2.75, 3.05) is 32.7 Å². The van der Waals surface area contributed by atoms with Crippen molar-refractivity contribution < 1.29 is 9.21 Å². The number of amides is 1. The summed E-state index contributed by atoms with van der Waals surface area (Å²) in [5, 5.41) is 5.60. The van der Waals surface area contributed by atoms with E-state index >= 15 is 0 Å². The molecule has 0 unspecified atom stereocenters. The number of aryl methyl sites for hydroxylation is 1. The monoisotopic (exact) mass is 461 g/mol. The summed E-state index contributed by atoms with van der Waals surface area (Å²) in [6.07, 6.45) is 11.0. The van der Waals surface area contributed by atoms with Crippen LogP contribution < -0.4 is 11.6 Å². The van der Waals surface area contributed by atoms with Gasteiger partial charge in [0.05, 0.1) is 12.2 Å². The molecule has 0 radical (unpaired) electrons. The Morgan fingerprint density at radius 3 is 2.66 bits per heavy atom. The fourth-order valence-electron chi connectivity index (χ4n) is 3.10. The molecule has 0 aromatic carbocycles. The van der Waals surface area contributed by atoms with Crippen LogP contribution in [0, 0.1) is 6.92 Å². The van der Waals surface area contributed by atoms with Crippen molar-refractivity contribution in [1.82, 2.24) is 19.9 Å². The van der Waals surface area contributed by atoms with Crippen LogP contribution in [0.15, 0.2) is 63.3 Å². The Bertz CT molecular complexity index is 892. The number of nitrogens with two attached hydrogens (primary N) is 2. The van der Waals surface area contributed by atoms with Crippen LogP contribution in [-0.2, 0) is 11.3 Å². The van der Waals surface area contributed by atoms with Crippen molar-refractivity contribution >= 4 is 23.3 Å². The predicted molar refractivity (Wildman–Crippen MR) is 127 cm³/mol. The molecule has 2 rings (SSSR count). The van der Waals surface area contributed by atoms with Gasteiger partial charge in [0.2, 0.25) is 5.91 Å². The standard InChI is InChI=1S/C22H32ClN7O2/c1-17(14-30(25)27-18(2)24)13-20(23)7-5-4-6-8-22(31)29-11-9-28(10-12-29)15-21-16-32-19(3)26-21/h5-8,13,16H,1,4,9-12,14-15,25H2,2-3H3,(H2,24,27)/b7-5-,8-6+,20-13+. The summed E-state index contributed by atoms with van der Waals surface area (Å²) in [4.78, 5) is 20.8. The van der Waals surface area contributed by atoms with Crippen LogP contribution in [0.25, 0.3) is 0 Å². The normalized spacial score (nSPS) is 16.3. The topological polar surface area (TPSA) is 117 Å². The second-order valence-corrected chi connectivity index (χ2v) is 7.96. The lowest BCUT2D eigenvalue weighted by atomic mass is 10.2. The molecule has 10 heteroatoms. The molecule has 0 spiro atoms. The van der Waals surface area contributed by atoms with Gasteiger partial charge < -0.3 is 15.1 Å². The van der Waals surface area contributed by atoms with Gasteiger partial charge in [-0.3, -0.25) is 9.69 Å². The van der Waals surface area contributed by atoms with Crippen LogP contribution in [0.1, 0.15) is 24.9 Å². The second-order valence-electron chi connectivity index (χ2n) is 7.53. The molecule has 4 N–H and O–H groups in total. The van der Waals surface area contributed by atoms with Gasteiger partial charge in [-0.25, -0.2) is 15.9 Å². The average molecular weight is 462 g/mol. The fraction of sp³-hybridized carbons (Fsp3) is 0.409. The Balaban J connectivity index is 1.69. The van der Waals surface area contributed by atoms with Gasteiger partial charge in [0, 0.05) is 44.7 Å². The van der Waals surface area contributed by atoms with E-state index in [4.69, 9.17) is 27.6 Å². The van der Waals surface area contributed by atoms with Crippen LogP contribution in [0.2, 0.25) is 0 Å². The molecule has 1 saturated heterocycles. The Morgan fingerprint density at radius 1 is 1.34 bits per heavy atom. The first kappa shape index (κ1) is 25.4. The highest BCUT2D eigenvalue weighted by molar-refractivity contribution is 6.31. The molecule has 32 heavy (non-hydrogen) atoms. The summed E-state index contributed by atoms with van der Waals surface area (Å²) >= 11 is 6.18. The number of allylic oxidation sites excluding steroid dienone is 4. The minimum Gasteiger partial charge on any atom is -0.449 e. The van der Waals surface area contributed by atoms with Gasteiger partial charge >= 0.3 is 0 Å². The highest BCUT2D eigenvalue weighted by Crippen LogP contribution is 2.10. The van der Waals surface area contributed by atoms with E-state index in [0.717, 1.165) is 25.3 Å². The predicted octanol–water partition coefficient (Wildman–Crippen LogP) is 2.28. The third-order valence-electron chi connectivity index (χ3n) is 4.54. The Hall–Kier alpha value is -2.88. The van der Waals surface area contributed by atoms with Crippen molar-refractivity contribution in [3.8, 4) is 0 Å². The molecule has 1 amide bonds. The fourth-order valence-corrected chi connectivity index (χ4v) is 3.35. The third kappa shape index (κ3) is 9.51. The quantitative estimate of drug-likeness (QED) is 0.137. The van der Waals surface area contributed by atoms with Gasteiger partial charge in [0.25, 0.3) is 0 Å². The van der Waals surface area contributed by atoms with Gasteiger partial charge in [0.15, 0.2) is 5.89 Å². The smallest absolute Gasteiger partial charge is 0.246 e. The minimum atomic E-state index is 0.0177. The molecule has 0 saturated carbocycles. The van der Waals surface area contributed by atoms with Crippen molar-refractivity contribution in [3.63, 3.8) is 0 Å². The Morgan fingerprint density at radius 2 is 2.03 bits per heavy atom. The lowest BCUT2D eigenvalue weighted by Crippen LogP contribution is -2.47. The molecule has 1 aliphatic rings. The number of amidine groups is 1. The lowest BCUT2D eigenvalue weighted by molar-refractivity contribution is -0.127. The number of carbonyl (C=O) groups excluding carboxylic acids is 1. The molecule has 0 aliphatic carbocycles. The molecular weight excluding hydrogens is 430 g/mol. The maximum atomic E-state index is 12.4. The molecule has 174 valence electrons. The largest absolute Gasteiger partial charge is 0.449 e. The first-order valence-corrected chi connectivity index (χ1v) is 10.7. The summed E-state index contributed by atoms with van der Waals surface area (Å²) in [6, 6.07) is 0. The summed E-state index contributed by atoms with van der Waals surface area (Å²) in [5.74, 6) is 6.73. The number of aromatic nitrogens is 1. The SMILES string of the molecule is C=C(/C=C(Cl)\C=C/C/C=C/C(=O)N1CCN(Cc2coc(C)n2)CC1)CN(N)/N=C(/C)N. The first-order valence-electron chi connectivity index (χ1n) is 10.4. The van der Waals surface area contributed by atoms with E-state index in [0.29, 0.717) is 48.4 Å². The summed E-state index contributed by atoms with van der Waals surface area (Å²) in [7, 11) is 0. The zero-order chi connectivity index (χ0) is 23.5. The minimum absolute atomic E-state index is 0.0177. The molecule has 1 aromatic rings. The summed E-state index contributed by atoms with van der Waals surface area (Å²) < 4.78 is 5.24. The molecule has 0 atom stereocenters. The zero-order valence-electron chi connectivity index (χ0n) is 18.7. The van der Waals surface area contributed by atoms with Crippen molar-refractivity contribution in [3.05, 3.63) is 65.4 Å². The third-order valence-corrected chi connectivity index (χ3v) is 4.77. The van der Waals surface area contributed by atoms with E-state index < -0.39 is 0 Å². The maximum absolute atomic E-state index is 12.4. The van der Waals surface area contributed by atoms with Gasteiger partial charge in [-0.15, -0.1) is 5.10 Å². The van der Waals surface area contributed by atoms with E-state index in [1.165, 1.54) is 5.12 Å². The van der Waals surface area contributed by atoms with Gasteiger partial charge in [0.1, 0.15) is 12.1 Å². The highest BCUT2D eigenvalue weighted by Gasteiger charge is 2.20. The molecule has 1 aliphatic heterocycles. The molecule has 2 heterocycles. The first-order chi connectivity index (χ1) is 15.2. The number of hydrogen-bond acceptors (Lipinski definition) is 7. The highest BCUT2D eigenvalue weighted by atomic mass is 35.5. The number of rotatable bonds is 10. The maximum Gasteiger partial charge on any atom is 0.246 e. The van der Waals surface area contributed by atoms with E-state index in [9.17, 15) is 4.79 Å². The number of oxazole rings is 1.